The number of fused-ring (bicyclic) bond motifs is 1. The van der Waals surface area contributed by atoms with Crippen molar-refractivity contribution in [2.45, 2.75) is 20.0 Å². The van der Waals surface area contributed by atoms with E-state index in [1.54, 1.807) is 19.9 Å². The number of pyridine rings is 1. The second kappa shape index (κ2) is 5.33. The van der Waals surface area contributed by atoms with Gasteiger partial charge in [0, 0.05) is 16.5 Å². The summed E-state index contributed by atoms with van der Waals surface area (Å²) in [7, 11) is 0. The van der Waals surface area contributed by atoms with E-state index < -0.39 is 11.7 Å². The first-order valence-corrected chi connectivity index (χ1v) is 7.04. The number of nitrogens with one attached hydrogen (secondary N) is 1. The van der Waals surface area contributed by atoms with E-state index in [1.807, 2.05) is 0 Å². The number of halogens is 3. The molecule has 0 fully saturated rings. The molecule has 8 heteroatoms. The fourth-order valence-corrected chi connectivity index (χ4v) is 2.46. The van der Waals surface area contributed by atoms with Gasteiger partial charge in [0.05, 0.1) is 11.1 Å². The highest BCUT2D eigenvalue weighted by Crippen LogP contribution is 2.37. The minimum absolute atomic E-state index is 0.0242. The van der Waals surface area contributed by atoms with Gasteiger partial charge in [0.15, 0.2) is 0 Å². The predicted molar refractivity (Wildman–Crippen MR) is 83.0 cm³/mol. The van der Waals surface area contributed by atoms with Crippen LogP contribution in [0.15, 0.2) is 30.3 Å². The summed E-state index contributed by atoms with van der Waals surface area (Å²) < 4.78 is 40.8. The Bertz CT molecular complexity index is 907. The number of anilines is 1. The number of hydrogen-bond donors (Lipinski definition) is 3. The van der Waals surface area contributed by atoms with Gasteiger partial charge < -0.3 is 10.2 Å². The average Bonchev–Trinajstić information content (AvgIpc) is 2.71. The van der Waals surface area contributed by atoms with Crippen LogP contribution in [0.5, 0.6) is 11.8 Å². The van der Waals surface area contributed by atoms with E-state index in [-0.39, 0.29) is 28.5 Å². The molecule has 0 atom stereocenters. The third-order valence-corrected chi connectivity index (χ3v) is 3.90. The summed E-state index contributed by atoms with van der Waals surface area (Å²) in [6.45, 7) is 3.16. The highest BCUT2D eigenvalue weighted by Gasteiger charge is 2.33. The molecular formula is C16H14F3N3O2. The van der Waals surface area contributed by atoms with Crippen LogP contribution in [0.1, 0.15) is 16.7 Å². The monoisotopic (exact) mass is 337 g/mol. The third-order valence-electron chi connectivity index (χ3n) is 3.90. The van der Waals surface area contributed by atoms with Crippen LogP contribution >= 0.6 is 0 Å². The lowest BCUT2D eigenvalue weighted by Gasteiger charge is -2.14. The fourth-order valence-electron chi connectivity index (χ4n) is 2.46. The van der Waals surface area contributed by atoms with Crippen molar-refractivity contribution < 1.29 is 23.4 Å². The van der Waals surface area contributed by atoms with Gasteiger partial charge in [-0.05, 0) is 26.0 Å². The molecule has 0 radical (unpaired) electrons. The van der Waals surface area contributed by atoms with Gasteiger partial charge in [-0.1, -0.05) is 18.2 Å². The zero-order valence-electron chi connectivity index (χ0n) is 12.8. The van der Waals surface area contributed by atoms with Gasteiger partial charge in [0.2, 0.25) is 11.8 Å². The number of aromatic hydroxyl groups is 2. The van der Waals surface area contributed by atoms with Crippen molar-refractivity contribution in [3.8, 4) is 11.8 Å². The molecule has 3 aromatic rings. The Morgan fingerprint density at radius 3 is 2.21 bits per heavy atom. The van der Waals surface area contributed by atoms with Gasteiger partial charge in [-0.25, -0.2) is 4.98 Å². The number of aromatic nitrogens is 2. The molecule has 0 saturated heterocycles. The molecule has 0 saturated carbocycles. The highest BCUT2D eigenvalue weighted by molar-refractivity contribution is 5.84. The molecule has 1 aromatic carbocycles. The van der Waals surface area contributed by atoms with E-state index in [9.17, 15) is 23.4 Å². The summed E-state index contributed by atoms with van der Waals surface area (Å²) in [5, 5.41) is 20.0. The molecule has 0 unspecified atom stereocenters. The van der Waals surface area contributed by atoms with Crippen molar-refractivity contribution in [1.29, 1.82) is 0 Å². The molecule has 0 spiro atoms. The number of para-hydroxylation sites is 1. The van der Waals surface area contributed by atoms with Crippen molar-refractivity contribution in [2.24, 2.45) is 0 Å². The van der Waals surface area contributed by atoms with Crippen molar-refractivity contribution in [2.75, 3.05) is 5.43 Å². The summed E-state index contributed by atoms with van der Waals surface area (Å²) in [6.07, 6.45) is -4.56. The maximum Gasteiger partial charge on any atom is 0.417 e. The molecule has 0 aliphatic rings. The van der Waals surface area contributed by atoms with Crippen LogP contribution < -0.4 is 5.43 Å². The largest absolute Gasteiger partial charge is 0.493 e. The van der Waals surface area contributed by atoms with Crippen LogP contribution in [-0.4, -0.2) is 19.9 Å². The highest BCUT2D eigenvalue weighted by atomic mass is 19.4. The molecule has 3 rings (SSSR count). The first-order valence-electron chi connectivity index (χ1n) is 7.04. The van der Waals surface area contributed by atoms with Crippen molar-refractivity contribution in [1.82, 2.24) is 9.66 Å². The van der Waals surface area contributed by atoms with Gasteiger partial charge in [-0.15, -0.1) is 0 Å². The molecule has 24 heavy (non-hydrogen) atoms. The predicted octanol–water partition coefficient (Wildman–Crippen LogP) is 3.96. The second-order valence-electron chi connectivity index (χ2n) is 5.41. The van der Waals surface area contributed by atoms with Crippen LogP contribution in [0.25, 0.3) is 10.9 Å². The summed E-state index contributed by atoms with van der Waals surface area (Å²) >= 11 is 0. The SMILES string of the molecule is Cc1c(C)c(O)n(Nc2cc(C(F)(F)F)c3ccccc3n2)c1O. The number of rotatable bonds is 2. The Kier molecular flexibility index (Phi) is 3.55. The Morgan fingerprint density at radius 1 is 1.04 bits per heavy atom. The lowest BCUT2D eigenvalue weighted by molar-refractivity contribution is -0.136. The molecule has 0 amide bonds. The molecule has 3 N–H and O–H groups in total. The molecule has 0 aliphatic heterocycles. The Labute approximate surface area is 135 Å². The van der Waals surface area contributed by atoms with Crippen LogP contribution in [0.4, 0.5) is 19.0 Å². The molecule has 2 heterocycles. The molecule has 2 aromatic heterocycles. The molecule has 0 bridgehead atoms. The number of benzene rings is 1. The van der Waals surface area contributed by atoms with Gasteiger partial charge in [-0.2, -0.15) is 17.8 Å². The zero-order valence-corrected chi connectivity index (χ0v) is 12.8. The van der Waals surface area contributed by atoms with Crippen LogP contribution in [0.3, 0.4) is 0 Å². The first kappa shape index (κ1) is 16.0. The van der Waals surface area contributed by atoms with Crippen LogP contribution in [0.2, 0.25) is 0 Å². The average molecular weight is 337 g/mol. The zero-order chi connectivity index (χ0) is 17.6. The Balaban J connectivity index is 2.16. The van der Waals surface area contributed by atoms with Gasteiger partial charge in [0.1, 0.15) is 5.82 Å². The molecule has 0 aliphatic carbocycles. The number of hydrogen-bond acceptors (Lipinski definition) is 4. The normalized spacial score (nSPS) is 11.9. The Morgan fingerprint density at radius 2 is 1.62 bits per heavy atom. The maximum atomic E-state index is 13.3. The summed E-state index contributed by atoms with van der Waals surface area (Å²) in [4.78, 5) is 4.11. The first-order chi connectivity index (χ1) is 11.2. The lowest BCUT2D eigenvalue weighted by atomic mass is 10.1. The van der Waals surface area contributed by atoms with Gasteiger partial charge in [-0.3, -0.25) is 5.43 Å². The quantitative estimate of drug-likeness (QED) is 0.662. The minimum atomic E-state index is -4.56. The maximum absolute atomic E-state index is 13.3. The smallest absolute Gasteiger partial charge is 0.417 e. The fraction of sp³-hybridized carbons (Fsp3) is 0.188. The van der Waals surface area contributed by atoms with Crippen LogP contribution in [0, 0.1) is 13.8 Å². The van der Waals surface area contributed by atoms with E-state index in [0.29, 0.717) is 11.1 Å². The van der Waals surface area contributed by atoms with Crippen molar-refractivity contribution in [3.05, 3.63) is 47.0 Å². The summed E-state index contributed by atoms with van der Waals surface area (Å²) in [5.41, 5.74) is 2.64. The second-order valence-corrected chi connectivity index (χ2v) is 5.41. The minimum Gasteiger partial charge on any atom is -0.493 e. The standard InChI is InChI=1S/C16H14F3N3O2/c1-8-9(2)15(24)22(14(8)23)21-13-7-11(16(17,18)19)10-5-3-4-6-12(10)20-13/h3-7,23-24H,1-2H3,(H,20,21). The van der Waals surface area contributed by atoms with E-state index >= 15 is 0 Å². The number of alkyl halides is 3. The van der Waals surface area contributed by atoms with E-state index in [4.69, 9.17) is 0 Å². The van der Waals surface area contributed by atoms with Gasteiger partial charge >= 0.3 is 6.18 Å². The molecule has 126 valence electrons. The number of nitrogens with zero attached hydrogens (tertiary/aromatic N) is 2. The van der Waals surface area contributed by atoms with Crippen molar-refractivity contribution in [3.63, 3.8) is 0 Å². The van der Waals surface area contributed by atoms with E-state index in [2.05, 4.69) is 10.4 Å². The molecular weight excluding hydrogens is 323 g/mol. The van der Waals surface area contributed by atoms with Gasteiger partial charge in [0.25, 0.3) is 0 Å². The third kappa shape index (κ3) is 2.49. The van der Waals surface area contributed by atoms with Crippen LogP contribution in [-0.2, 0) is 6.18 Å². The van der Waals surface area contributed by atoms with E-state index in [1.165, 1.54) is 18.2 Å². The summed E-state index contributed by atoms with van der Waals surface area (Å²) in [6, 6.07) is 6.72. The lowest BCUT2D eigenvalue weighted by Crippen LogP contribution is -2.12. The van der Waals surface area contributed by atoms with Crippen molar-refractivity contribution >= 4 is 16.7 Å². The Hall–Kier alpha value is -2.90. The summed E-state index contributed by atoms with van der Waals surface area (Å²) in [5.74, 6) is -0.747. The topological polar surface area (TPSA) is 70.3 Å². The van der Waals surface area contributed by atoms with E-state index in [0.717, 1.165) is 10.7 Å². The molecule has 5 nitrogen and oxygen atoms in total.